The summed E-state index contributed by atoms with van der Waals surface area (Å²) in [6.45, 7) is 3.60. The quantitative estimate of drug-likeness (QED) is 0.260. The molecule has 45 heavy (non-hydrogen) atoms. The summed E-state index contributed by atoms with van der Waals surface area (Å²) in [5, 5.41) is 14.0. The number of allylic oxidation sites excluding steroid dienone is 2. The molecule has 1 fully saturated rings. The average molecular weight is 636 g/mol. The minimum Gasteiger partial charge on any atom is -0.481 e. The van der Waals surface area contributed by atoms with Gasteiger partial charge in [-0.3, -0.25) is 19.2 Å². The Morgan fingerprint density at radius 1 is 0.800 bits per heavy atom. The Hall–Kier alpha value is -4.23. The molecule has 0 saturated carbocycles. The van der Waals surface area contributed by atoms with Crippen molar-refractivity contribution in [2.45, 2.75) is 103 Å². The number of amides is 4. The van der Waals surface area contributed by atoms with Gasteiger partial charge in [-0.15, -0.1) is 5.06 Å². The van der Waals surface area contributed by atoms with Gasteiger partial charge in [0.05, 0.1) is 11.8 Å². The van der Waals surface area contributed by atoms with Crippen LogP contribution >= 0.6 is 0 Å². The molecule has 1 saturated heterocycles. The lowest BCUT2D eigenvalue weighted by molar-refractivity contribution is -0.205. The molecule has 0 unspecified atom stereocenters. The van der Waals surface area contributed by atoms with Crippen molar-refractivity contribution in [3.05, 3.63) is 24.3 Å². The van der Waals surface area contributed by atoms with E-state index in [0.29, 0.717) is 56.4 Å². The Balaban J connectivity index is 0.000000317. The lowest BCUT2D eigenvalue weighted by atomic mass is 9.74. The van der Waals surface area contributed by atoms with Crippen molar-refractivity contribution in [2.24, 2.45) is 10.8 Å². The number of ketones is 1. The molecule has 2 aliphatic carbocycles. The molecule has 14 nitrogen and oxygen atoms in total. The van der Waals surface area contributed by atoms with E-state index >= 15 is 0 Å². The van der Waals surface area contributed by atoms with E-state index in [2.05, 4.69) is 10.6 Å². The van der Waals surface area contributed by atoms with Crippen LogP contribution in [0.15, 0.2) is 24.3 Å². The molecule has 1 aliphatic heterocycles. The third kappa shape index (κ3) is 11.7. The number of nitrogens with one attached hydrogen (secondary N) is 2. The number of carbonyl (C=O) groups is 7. The molecule has 4 atom stereocenters. The highest BCUT2D eigenvalue weighted by molar-refractivity contribution is 6.01. The number of carboxylic acid groups (broad SMARTS) is 1. The molecule has 3 N–H and O–H groups in total. The zero-order chi connectivity index (χ0) is 33.6. The Kier molecular flexibility index (Phi) is 14.2. The first kappa shape index (κ1) is 37.0. The van der Waals surface area contributed by atoms with Crippen LogP contribution in [-0.4, -0.2) is 78.2 Å². The van der Waals surface area contributed by atoms with Crippen LogP contribution in [0.1, 0.15) is 90.9 Å². The van der Waals surface area contributed by atoms with Gasteiger partial charge in [0.2, 0.25) is 0 Å². The van der Waals surface area contributed by atoms with Gasteiger partial charge in [0.25, 0.3) is 11.8 Å². The number of nitrogens with zero attached hydrogens (tertiary/aromatic N) is 1. The second kappa shape index (κ2) is 17.3. The SMILES string of the molecule is CNC(=O)O[C@H]1/C=C/CC[C@@](C)(C(=O)CCC(=O)O)CC1.CNC(=O)O[C@H]1/C=C/CC[C@@](C)(C(=O)ON2C(=O)CCC2=O)CC1. The number of aliphatic carboxylic acids is 1. The normalized spacial score (nSPS) is 28.0. The molecular formula is C31H45N3O11. The van der Waals surface area contributed by atoms with Gasteiger partial charge in [0.15, 0.2) is 0 Å². The maximum atomic E-state index is 12.5. The van der Waals surface area contributed by atoms with E-state index in [0.717, 1.165) is 0 Å². The number of imide groups is 1. The molecule has 14 heteroatoms. The summed E-state index contributed by atoms with van der Waals surface area (Å²) in [4.78, 5) is 86.2. The van der Waals surface area contributed by atoms with Crippen molar-refractivity contribution < 1.29 is 53.0 Å². The molecule has 250 valence electrons. The van der Waals surface area contributed by atoms with Gasteiger partial charge in [-0.2, -0.15) is 0 Å². The fourth-order valence-electron chi connectivity index (χ4n) is 5.11. The molecular weight excluding hydrogens is 590 g/mol. The van der Waals surface area contributed by atoms with Crippen LogP contribution in [0, 0.1) is 10.8 Å². The van der Waals surface area contributed by atoms with Crippen molar-refractivity contribution in [1.29, 1.82) is 0 Å². The summed E-state index contributed by atoms with van der Waals surface area (Å²) in [5.41, 5.74) is -1.41. The maximum Gasteiger partial charge on any atom is 0.407 e. The maximum absolute atomic E-state index is 12.5. The number of rotatable bonds is 8. The van der Waals surface area contributed by atoms with E-state index in [1.54, 1.807) is 13.0 Å². The number of hydroxylamine groups is 2. The number of carboxylic acids is 1. The highest BCUT2D eigenvalue weighted by Gasteiger charge is 2.41. The van der Waals surface area contributed by atoms with Gasteiger partial charge in [-0.1, -0.05) is 19.1 Å². The van der Waals surface area contributed by atoms with Crippen molar-refractivity contribution in [3.8, 4) is 0 Å². The largest absolute Gasteiger partial charge is 0.481 e. The summed E-state index contributed by atoms with van der Waals surface area (Å²) >= 11 is 0. The van der Waals surface area contributed by atoms with E-state index in [9.17, 15) is 33.6 Å². The van der Waals surface area contributed by atoms with E-state index in [1.165, 1.54) is 14.1 Å². The Morgan fingerprint density at radius 3 is 1.73 bits per heavy atom. The van der Waals surface area contributed by atoms with Crippen molar-refractivity contribution in [2.75, 3.05) is 14.1 Å². The molecule has 0 aromatic rings. The Bertz CT molecular complexity index is 1170. The topological polar surface area (TPSA) is 195 Å². The smallest absolute Gasteiger partial charge is 0.407 e. The van der Waals surface area contributed by atoms with E-state index in [4.69, 9.17) is 19.4 Å². The lowest BCUT2D eigenvalue weighted by Gasteiger charge is -2.30. The monoisotopic (exact) mass is 635 g/mol. The van der Waals surface area contributed by atoms with Crippen molar-refractivity contribution in [1.82, 2.24) is 15.7 Å². The molecule has 0 bridgehead atoms. The van der Waals surface area contributed by atoms with Crippen LogP contribution in [0.5, 0.6) is 0 Å². The molecule has 3 rings (SSSR count). The van der Waals surface area contributed by atoms with Gasteiger partial charge >= 0.3 is 24.1 Å². The van der Waals surface area contributed by atoms with Gasteiger partial charge < -0.3 is 30.1 Å². The van der Waals surface area contributed by atoms with Crippen LogP contribution in [0.2, 0.25) is 0 Å². The molecule has 1 heterocycles. The molecule has 0 spiro atoms. The minimum absolute atomic E-state index is 0.0288. The number of carbonyl (C=O) groups excluding carboxylic acids is 6. The third-order valence-corrected chi connectivity index (χ3v) is 8.23. The van der Waals surface area contributed by atoms with Gasteiger partial charge in [-0.05, 0) is 70.4 Å². The van der Waals surface area contributed by atoms with Gasteiger partial charge in [-0.25, -0.2) is 14.4 Å². The first-order valence-corrected chi connectivity index (χ1v) is 15.2. The van der Waals surface area contributed by atoms with E-state index in [1.807, 2.05) is 25.2 Å². The van der Waals surface area contributed by atoms with Gasteiger partial charge in [0.1, 0.15) is 18.0 Å². The van der Waals surface area contributed by atoms with Crippen molar-refractivity contribution in [3.63, 3.8) is 0 Å². The van der Waals surface area contributed by atoms with Gasteiger partial charge in [0, 0.05) is 38.8 Å². The zero-order valence-electron chi connectivity index (χ0n) is 26.4. The highest BCUT2D eigenvalue weighted by Crippen LogP contribution is 2.36. The first-order valence-electron chi connectivity index (χ1n) is 15.2. The number of Topliss-reactive ketones (excluding diaryl/α,β-unsaturated/α-hetero) is 1. The molecule has 0 aromatic heterocycles. The summed E-state index contributed by atoms with van der Waals surface area (Å²) in [7, 11) is 2.97. The standard InChI is InChI=1S/C16H22N2O6.C15H23NO5/c1-16(14(21)24-18-12(19)6-7-13(18)20)9-4-3-5-11(8-10-16)23-15(22)17-2;1-15(12(17)6-7-13(18)19)9-4-3-5-11(8-10-15)21-14(20)16-2/h3,5,11H,4,6-10H2,1-2H3,(H,17,22);3,5,11H,4,6-10H2,1-2H3,(H,16,20)(H,18,19)/b2*5-3+/t11-,16+;11-,15+/m00/s1. The number of alkyl carbamates (subject to hydrolysis) is 2. The molecule has 4 amide bonds. The third-order valence-electron chi connectivity index (χ3n) is 8.23. The van der Waals surface area contributed by atoms with Crippen LogP contribution in [0.4, 0.5) is 9.59 Å². The fourth-order valence-corrected chi connectivity index (χ4v) is 5.11. The second-order valence-corrected chi connectivity index (χ2v) is 11.8. The van der Waals surface area contributed by atoms with Crippen LogP contribution in [0.25, 0.3) is 0 Å². The summed E-state index contributed by atoms with van der Waals surface area (Å²) < 4.78 is 10.4. The average Bonchev–Trinajstić information content (AvgIpc) is 3.31. The lowest BCUT2D eigenvalue weighted by Crippen LogP contribution is -2.40. The second-order valence-electron chi connectivity index (χ2n) is 11.8. The predicted molar refractivity (Wildman–Crippen MR) is 159 cm³/mol. The molecule has 0 radical (unpaired) electrons. The summed E-state index contributed by atoms with van der Waals surface area (Å²) in [6, 6.07) is 0. The Labute approximate surface area is 262 Å². The number of ether oxygens (including phenoxy) is 2. The van der Waals surface area contributed by atoms with Crippen LogP contribution < -0.4 is 10.6 Å². The Morgan fingerprint density at radius 2 is 1.27 bits per heavy atom. The number of hydrogen-bond acceptors (Lipinski definition) is 10. The zero-order valence-corrected chi connectivity index (χ0v) is 26.4. The minimum atomic E-state index is -0.960. The van der Waals surface area contributed by atoms with E-state index < -0.39 is 52.9 Å². The van der Waals surface area contributed by atoms with E-state index in [-0.39, 0.29) is 37.6 Å². The van der Waals surface area contributed by atoms with Crippen LogP contribution in [0.3, 0.4) is 0 Å². The molecule has 0 aromatic carbocycles. The molecule has 3 aliphatic rings. The fraction of sp³-hybridized carbons (Fsp3) is 0.645. The summed E-state index contributed by atoms with van der Waals surface area (Å²) in [6.07, 6.45) is 10.1. The van der Waals surface area contributed by atoms with Crippen LogP contribution in [-0.2, 0) is 38.3 Å². The summed E-state index contributed by atoms with van der Waals surface area (Å²) in [5.74, 6) is -2.59. The number of hydrogen-bond donors (Lipinski definition) is 3. The first-order chi connectivity index (χ1) is 21.2. The predicted octanol–water partition coefficient (Wildman–Crippen LogP) is 3.74. The van der Waals surface area contributed by atoms with Crippen molar-refractivity contribution >= 4 is 41.7 Å². The highest BCUT2D eigenvalue weighted by atomic mass is 16.7.